The van der Waals surface area contributed by atoms with Crippen molar-refractivity contribution >= 4 is 17.3 Å². The van der Waals surface area contributed by atoms with Crippen molar-refractivity contribution in [1.29, 1.82) is 5.41 Å². The summed E-state index contributed by atoms with van der Waals surface area (Å²) in [6.07, 6.45) is -0.602. The summed E-state index contributed by atoms with van der Waals surface area (Å²) < 4.78 is 27.7. The SMILES string of the molecule is CC(F)/C(O)=C(/C(=N)c1ccc(Cl)cc1F)C(O)c1cccnc1. The number of hydrogen-bond acceptors (Lipinski definition) is 4. The lowest BCUT2D eigenvalue weighted by molar-refractivity contribution is 0.201. The summed E-state index contributed by atoms with van der Waals surface area (Å²) in [5, 5.41) is 28.8. The number of halogens is 3. The molecule has 0 spiro atoms. The third-order valence-corrected chi connectivity index (χ3v) is 3.63. The van der Waals surface area contributed by atoms with Crippen molar-refractivity contribution in [2.75, 3.05) is 0 Å². The summed E-state index contributed by atoms with van der Waals surface area (Å²) >= 11 is 5.68. The third kappa shape index (κ3) is 3.77. The van der Waals surface area contributed by atoms with Gasteiger partial charge in [-0.1, -0.05) is 17.7 Å². The monoisotopic (exact) mass is 352 g/mol. The number of nitrogens with one attached hydrogen (secondary N) is 1. The molecule has 0 amide bonds. The maximum Gasteiger partial charge on any atom is 0.154 e. The normalized spacial score (nSPS) is 14.7. The minimum atomic E-state index is -1.85. The average molecular weight is 353 g/mol. The number of aromatic nitrogens is 1. The van der Waals surface area contributed by atoms with Crippen molar-refractivity contribution in [3.63, 3.8) is 0 Å². The van der Waals surface area contributed by atoms with Crippen LogP contribution in [0.25, 0.3) is 0 Å². The fourth-order valence-electron chi connectivity index (χ4n) is 2.16. The number of hydrogen-bond donors (Lipinski definition) is 3. The Morgan fingerprint density at radius 3 is 2.58 bits per heavy atom. The Labute approximate surface area is 142 Å². The highest BCUT2D eigenvalue weighted by molar-refractivity contribution is 6.30. The number of aliphatic hydroxyl groups is 2. The van der Waals surface area contributed by atoms with Crippen LogP contribution < -0.4 is 0 Å². The number of aliphatic hydroxyl groups excluding tert-OH is 2. The summed E-state index contributed by atoms with van der Waals surface area (Å²) in [6, 6.07) is 6.62. The van der Waals surface area contributed by atoms with E-state index < -0.39 is 35.1 Å². The molecule has 0 aliphatic heterocycles. The molecule has 0 radical (unpaired) electrons. The van der Waals surface area contributed by atoms with Crippen LogP contribution in [0.15, 0.2) is 54.1 Å². The number of pyridine rings is 1. The molecule has 2 aromatic rings. The van der Waals surface area contributed by atoms with Crippen LogP contribution in [0.5, 0.6) is 0 Å². The Hall–Kier alpha value is -2.31. The first-order valence-electron chi connectivity index (χ1n) is 7.02. The van der Waals surface area contributed by atoms with Gasteiger partial charge in [0.15, 0.2) is 6.17 Å². The van der Waals surface area contributed by atoms with Crippen LogP contribution in [0.3, 0.4) is 0 Å². The lowest BCUT2D eigenvalue weighted by Crippen LogP contribution is -2.19. The molecule has 1 aromatic carbocycles. The van der Waals surface area contributed by atoms with Gasteiger partial charge >= 0.3 is 0 Å². The van der Waals surface area contributed by atoms with Gasteiger partial charge in [-0.2, -0.15) is 0 Å². The van der Waals surface area contributed by atoms with E-state index in [0.717, 1.165) is 13.0 Å². The molecule has 0 aliphatic carbocycles. The predicted molar refractivity (Wildman–Crippen MR) is 87.7 cm³/mol. The molecular weight excluding hydrogens is 338 g/mol. The van der Waals surface area contributed by atoms with Crippen LogP contribution in [0.2, 0.25) is 5.02 Å². The minimum Gasteiger partial charge on any atom is -0.509 e. The molecule has 0 fully saturated rings. The molecular formula is C17H15ClF2N2O2. The van der Waals surface area contributed by atoms with Gasteiger partial charge in [-0.3, -0.25) is 10.4 Å². The van der Waals surface area contributed by atoms with Gasteiger partial charge in [-0.05, 0) is 31.2 Å². The summed E-state index contributed by atoms with van der Waals surface area (Å²) in [5.74, 6) is -1.66. The maximum atomic E-state index is 14.1. The van der Waals surface area contributed by atoms with Crippen molar-refractivity contribution in [2.45, 2.75) is 19.2 Å². The second-order valence-corrected chi connectivity index (χ2v) is 5.54. The number of rotatable bonds is 5. The van der Waals surface area contributed by atoms with Crippen molar-refractivity contribution in [1.82, 2.24) is 4.98 Å². The highest BCUT2D eigenvalue weighted by atomic mass is 35.5. The van der Waals surface area contributed by atoms with E-state index in [-0.39, 0.29) is 16.1 Å². The third-order valence-electron chi connectivity index (χ3n) is 3.40. The Morgan fingerprint density at radius 2 is 2.04 bits per heavy atom. The van der Waals surface area contributed by atoms with E-state index in [1.165, 1.54) is 30.6 Å². The maximum absolute atomic E-state index is 14.1. The molecule has 2 rings (SSSR count). The van der Waals surface area contributed by atoms with Crippen LogP contribution >= 0.6 is 11.6 Å². The lowest BCUT2D eigenvalue weighted by atomic mass is 9.92. The molecule has 0 aliphatic rings. The molecule has 3 N–H and O–H groups in total. The van der Waals surface area contributed by atoms with Gasteiger partial charge in [0.1, 0.15) is 17.7 Å². The molecule has 0 bridgehead atoms. The van der Waals surface area contributed by atoms with Gasteiger partial charge in [-0.25, -0.2) is 8.78 Å². The number of alkyl halides is 1. The second kappa shape index (κ2) is 7.51. The van der Waals surface area contributed by atoms with E-state index in [1.807, 2.05) is 0 Å². The zero-order valence-electron chi connectivity index (χ0n) is 12.7. The van der Waals surface area contributed by atoms with Gasteiger partial charge in [0.25, 0.3) is 0 Å². The summed E-state index contributed by atoms with van der Waals surface area (Å²) in [7, 11) is 0. The smallest absolute Gasteiger partial charge is 0.154 e. The largest absolute Gasteiger partial charge is 0.509 e. The molecule has 1 aromatic heterocycles. The van der Waals surface area contributed by atoms with Gasteiger partial charge in [0.05, 0.1) is 11.3 Å². The number of allylic oxidation sites excluding steroid dienone is 1. The van der Waals surface area contributed by atoms with E-state index in [2.05, 4.69) is 4.98 Å². The van der Waals surface area contributed by atoms with Gasteiger partial charge in [0.2, 0.25) is 0 Å². The zero-order chi connectivity index (χ0) is 17.9. The molecule has 2 atom stereocenters. The second-order valence-electron chi connectivity index (χ2n) is 5.10. The molecule has 24 heavy (non-hydrogen) atoms. The standard InChI is InChI=1S/C17H15ClF2N2O2/c1-9(19)16(23)14(17(24)10-3-2-6-22-8-10)15(21)12-5-4-11(18)7-13(12)20/h2-9,17,21,23-24H,1H3/b16-14+,21-15?. The molecule has 0 saturated heterocycles. The summed E-state index contributed by atoms with van der Waals surface area (Å²) in [4.78, 5) is 3.83. The van der Waals surface area contributed by atoms with Crippen molar-refractivity contribution in [2.24, 2.45) is 0 Å². The number of benzene rings is 1. The quantitative estimate of drug-likeness (QED) is 0.559. The van der Waals surface area contributed by atoms with Crippen LogP contribution in [-0.4, -0.2) is 27.1 Å². The Morgan fingerprint density at radius 1 is 1.33 bits per heavy atom. The molecule has 0 saturated carbocycles. The summed E-state index contributed by atoms with van der Waals surface area (Å²) in [5.41, 5.74) is -0.954. The van der Waals surface area contributed by atoms with E-state index in [9.17, 15) is 19.0 Å². The van der Waals surface area contributed by atoms with E-state index in [4.69, 9.17) is 17.0 Å². The van der Waals surface area contributed by atoms with Crippen molar-refractivity contribution in [3.8, 4) is 0 Å². The van der Waals surface area contributed by atoms with Gasteiger partial charge in [-0.15, -0.1) is 0 Å². The van der Waals surface area contributed by atoms with E-state index in [0.29, 0.717) is 0 Å². The van der Waals surface area contributed by atoms with Crippen LogP contribution in [0.4, 0.5) is 8.78 Å². The highest BCUT2D eigenvalue weighted by Gasteiger charge is 2.27. The average Bonchev–Trinajstić information content (AvgIpc) is 2.55. The first-order valence-corrected chi connectivity index (χ1v) is 7.40. The Kier molecular flexibility index (Phi) is 5.64. The Bertz CT molecular complexity index is 779. The molecule has 4 nitrogen and oxygen atoms in total. The fourth-order valence-corrected chi connectivity index (χ4v) is 2.32. The first-order chi connectivity index (χ1) is 11.3. The van der Waals surface area contributed by atoms with E-state index in [1.54, 1.807) is 6.07 Å². The fraction of sp³-hybridized carbons (Fsp3) is 0.176. The Balaban J connectivity index is 2.55. The predicted octanol–water partition coefficient (Wildman–Crippen LogP) is 4.15. The van der Waals surface area contributed by atoms with Crippen LogP contribution in [-0.2, 0) is 0 Å². The number of nitrogens with zero attached hydrogens (tertiary/aromatic N) is 1. The van der Waals surface area contributed by atoms with Gasteiger partial charge in [0, 0.05) is 28.5 Å². The lowest BCUT2D eigenvalue weighted by Gasteiger charge is -2.19. The van der Waals surface area contributed by atoms with Crippen LogP contribution in [0, 0.1) is 11.2 Å². The van der Waals surface area contributed by atoms with Crippen LogP contribution in [0.1, 0.15) is 24.2 Å². The van der Waals surface area contributed by atoms with Gasteiger partial charge < -0.3 is 10.2 Å². The first kappa shape index (κ1) is 18.0. The minimum absolute atomic E-state index is 0.130. The van der Waals surface area contributed by atoms with E-state index >= 15 is 0 Å². The topological polar surface area (TPSA) is 77.2 Å². The highest BCUT2D eigenvalue weighted by Crippen LogP contribution is 2.29. The van der Waals surface area contributed by atoms with Crippen molar-refractivity contribution in [3.05, 3.63) is 76.0 Å². The molecule has 7 heteroatoms. The van der Waals surface area contributed by atoms with Crippen molar-refractivity contribution < 1.29 is 19.0 Å². The zero-order valence-corrected chi connectivity index (χ0v) is 13.4. The summed E-state index contributed by atoms with van der Waals surface area (Å²) in [6.45, 7) is 1.05. The molecule has 126 valence electrons. The molecule has 1 heterocycles. The molecule has 2 unspecified atom stereocenters.